The Bertz CT molecular complexity index is 1500. The van der Waals surface area contributed by atoms with Gasteiger partial charge in [0.25, 0.3) is 0 Å². The van der Waals surface area contributed by atoms with E-state index in [1.54, 1.807) is 0 Å². The Morgan fingerprint density at radius 2 is 1.94 bits per heavy atom. The van der Waals surface area contributed by atoms with Crippen LogP contribution in [-0.2, 0) is 15.9 Å². The zero-order valence-corrected chi connectivity index (χ0v) is 21.2. The molecule has 0 spiro atoms. The van der Waals surface area contributed by atoms with E-state index in [0.29, 0.717) is 27.6 Å². The van der Waals surface area contributed by atoms with E-state index in [1.165, 1.54) is 6.20 Å². The molecular weight excluding hydrogens is 481 g/mol. The molecule has 6 rings (SSSR count). The van der Waals surface area contributed by atoms with Crippen molar-refractivity contribution in [2.24, 2.45) is 5.41 Å². The van der Waals surface area contributed by atoms with Crippen LogP contribution in [0.1, 0.15) is 45.2 Å². The van der Waals surface area contributed by atoms with Crippen molar-refractivity contribution in [3.05, 3.63) is 59.1 Å². The molecular formula is C27H29ClFN5O2. The minimum Gasteiger partial charge on any atom is -0.383 e. The first-order valence-corrected chi connectivity index (χ1v) is 12.5. The standard InChI is InChI=1S/C27H29ClFN5O2/c1-26(2)35-22-20(34-9-7-16-21(34)18(29)13-32-24(16)30)12-27(3,23(22)36-26)8-6-14-4-5-15-11-17(28)25(31)33-19(15)10-14/h4-5,7,9-11,13,20,22-23H,6,8,12H2,1-3H3,(H2,30,32)(H2,31,33)/t20-,22+,23+,27+/m1/s1. The fraction of sp³-hybridized carbons (Fsp3) is 0.407. The van der Waals surface area contributed by atoms with Gasteiger partial charge in [0.1, 0.15) is 17.7 Å². The average Bonchev–Trinajstić information content (AvgIpc) is 3.48. The molecule has 9 heteroatoms. The molecule has 1 aromatic carbocycles. The summed E-state index contributed by atoms with van der Waals surface area (Å²) in [5.74, 6) is -0.467. The maximum Gasteiger partial charge on any atom is 0.165 e. The van der Waals surface area contributed by atoms with Crippen LogP contribution in [0.3, 0.4) is 0 Å². The number of halogens is 2. The van der Waals surface area contributed by atoms with Gasteiger partial charge in [-0.3, -0.25) is 0 Å². The number of ether oxygens (including phenoxy) is 2. The molecule has 1 aliphatic heterocycles. The predicted molar refractivity (Wildman–Crippen MR) is 139 cm³/mol. The van der Waals surface area contributed by atoms with Crippen LogP contribution in [-0.4, -0.2) is 32.5 Å². The van der Waals surface area contributed by atoms with Crippen molar-refractivity contribution in [3.63, 3.8) is 0 Å². The summed E-state index contributed by atoms with van der Waals surface area (Å²) in [6, 6.07) is 9.75. The Kier molecular flexibility index (Phi) is 5.23. The van der Waals surface area contributed by atoms with Crippen molar-refractivity contribution in [1.29, 1.82) is 0 Å². The van der Waals surface area contributed by atoms with Crippen molar-refractivity contribution < 1.29 is 13.9 Å². The maximum atomic E-state index is 14.9. The number of aromatic nitrogens is 3. The molecule has 1 saturated heterocycles. The van der Waals surface area contributed by atoms with Crippen molar-refractivity contribution in [3.8, 4) is 0 Å². The van der Waals surface area contributed by atoms with Gasteiger partial charge in [-0.25, -0.2) is 14.4 Å². The van der Waals surface area contributed by atoms with E-state index in [4.69, 9.17) is 32.5 Å². The number of pyridine rings is 2. The summed E-state index contributed by atoms with van der Waals surface area (Å²) in [6.45, 7) is 6.11. The van der Waals surface area contributed by atoms with Gasteiger partial charge in [0.15, 0.2) is 11.6 Å². The van der Waals surface area contributed by atoms with Gasteiger partial charge in [-0.1, -0.05) is 30.7 Å². The third-order valence-corrected chi connectivity index (χ3v) is 8.11. The van der Waals surface area contributed by atoms with Crippen LogP contribution in [0.2, 0.25) is 5.02 Å². The quantitative estimate of drug-likeness (QED) is 0.369. The van der Waals surface area contributed by atoms with Gasteiger partial charge in [0.2, 0.25) is 0 Å². The van der Waals surface area contributed by atoms with E-state index in [0.717, 1.165) is 35.7 Å². The zero-order valence-electron chi connectivity index (χ0n) is 20.5. The second-order valence-corrected chi connectivity index (χ2v) is 11.2. The zero-order chi connectivity index (χ0) is 25.4. The third kappa shape index (κ3) is 3.70. The van der Waals surface area contributed by atoms with Crippen LogP contribution >= 0.6 is 11.6 Å². The summed E-state index contributed by atoms with van der Waals surface area (Å²) < 4.78 is 29.7. The number of anilines is 2. The van der Waals surface area contributed by atoms with Crippen molar-refractivity contribution in [2.45, 2.75) is 64.1 Å². The van der Waals surface area contributed by atoms with E-state index < -0.39 is 11.6 Å². The Labute approximate surface area is 213 Å². The molecule has 0 unspecified atom stereocenters. The van der Waals surface area contributed by atoms with E-state index in [-0.39, 0.29) is 23.7 Å². The number of nitrogens with two attached hydrogens (primary N) is 2. The summed E-state index contributed by atoms with van der Waals surface area (Å²) in [6.07, 6.45) is 5.19. The Morgan fingerprint density at radius 1 is 1.14 bits per heavy atom. The van der Waals surface area contributed by atoms with Gasteiger partial charge in [-0.15, -0.1) is 0 Å². The Hall–Kier alpha value is -2.94. The molecule has 7 nitrogen and oxygen atoms in total. The second kappa shape index (κ2) is 8.03. The number of aryl methyl sites for hydroxylation is 1. The first kappa shape index (κ1) is 23.5. The van der Waals surface area contributed by atoms with Crippen molar-refractivity contribution >= 4 is 45.0 Å². The fourth-order valence-corrected chi connectivity index (χ4v) is 6.21. The lowest BCUT2D eigenvalue weighted by Crippen LogP contribution is -2.34. The van der Waals surface area contributed by atoms with Crippen LogP contribution < -0.4 is 11.5 Å². The molecule has 4 heterocycles. The molecule has 0 radical (unpaired) electrons. The van der Waals surface area contributed by atoms with Crippen LogP contribution in [0.4, 0.5) is 16.0 Å². The molecule has 1 aliphatic carbocycles. The lowest BCUT2D eigenvalue weighted by molar-refractivity contribution is -0.168. The number of hydrogen-bond acceptors (Lipinski definition) is 6. The summed E-state index contributed by atoms with van der Waals surface area (Å²) >= 11 is 6.13. The normalized spacial score (nSPS) is 27.2. The highest BCUT2D eigenvalue weighted by atomic mass is 35.5. The SMILES string of the molecule is CC1(C)O[C@H]2[C@H](n3ccc4c(N)ncc(F)c43)C[C@](C)(CCc3ccc4cc(Cl)c(N)nc4c3)[C@H]2O1. The van der Waals surface area contributed by atoms with Gasteiger partial charge in [0.05, 0.1) is 34.4 Å². The smallest absolute Gasteiger partial charge is 0.165 e. The summed E-state index contributed by atoms with van der Waals surface area (Å²) in [5.41, 5.74) is 14.2. The third-order valence-electron chi connectivity index (χ3n) is 7.81. The first-order valence-electron chi connectivity index (χ1n) is 12.2. The number of fused-ring (bicyclic) bond motifs is 3. The van der Waals surface area contributed by atoms with Crippen molar-refractivity contribution in [2.75, 3.05) is 11.5 Å². The molecule has 36 heavy (non-hydrogen) atoms. The molecule has 4 N–H and O–H groups in total. The van der Waals surface area contributed by atoms with Gasteiger partial charge in [-0.05, 0) is 62.3 Å². The molecule has 1 saturated carbocycles. The minimum absolute atomic E-state index is 0.101. The topological polar surface area (TPSA) is 101 Å². The van der Waals surface area contributed by atoms with Gasteiger partial charge < -0.3 is 25.5 Å². The summed E-state index contributed by atoms with van der Waals surface area (Å²) in [7, 11) is 0. The Morgan fingerprint density at radius 3 is 2.75 bits per heavy atom. The summed E-state index contributed by atoms with van der Waals surface area (Å²) in [4.78, 5) is 8.42. The molecule has 0 bridgehead atoms. The van der Waals surface area contributed by atoms with E-state index in [9.17, 15) is 4.39 Å². The van der Waals surface area contributed by atoms with Crippen LogP contribution in [0.5, 0.6) is 0 Å². The van der Waals surface area contributed by atoms with E-state index in [1.807, 2.05) is 42.8 Å². The number of nitrogens with zero attached hydrogens (tertiary/aromatic N) is 3. The number of benzene rings is 1. The summed E-state index contributed by atoms with van der Waals surface area (Å²) in [5, 5.41) is 2.02. The lowest BCUT2D eigenvalue weighted by atomic mass is 9.80. The molecule has 2 aliphatic rings. The van der Waals surface area contributed by atoms with Crippen molar-refractivity contribution in [1.82, 2.24) is 14.5 Å². The van der Waals surface area contributed by atoms with Crippen LogP contribution in [0.15, 0.2) is 42.7 Å². The van der Waals surface area contributed by atoms with Gasteiger partial charge in [0, 0.05) is 17.0 Å². The molecule has 4 atom stereocenters. The van der Waals surface area contributed by atoms with Gasteiger partial charge >= 0.3 is 0 Å². The molecule has 3 aromatic heterocycles. The lowest BCUT2D eigenvalue weighted by Gasteiger charge is -2.32. The molecule has 2 fully saturated rings. The van der Waals surface area contributed by atoms with Crippen LogP contribution in [0.25, 0.3) is 21.8 Å². The van der Waals surface area contributed by atoms with E-state index >= 15 is 0 Å². The monoisotopic (exact) mass is 509 g/mol. The molecule has 4 aromatic rings. The average molecular weight is 510 g/mol. The Balaban J connectivity index is 1.32. The molecule has 0 amide bonds. The number of hydrogen-bond donors (Lipinski definition) is 2. The van der Waals surface area contributed by atoms with Crippen LogP contribution in [0, 0.1) is 11.2 Å². The maximum absolute atomic E-state index is 14.9. The number of rotatable bonds is 4. The number of nitrogen functional groups attached to an aromatic ring is 2. The highest BCUT2D eigenvalue weighted by molar-refractivity contribution is 6.33. The fourth-order valence-electron chi connectivity index (χ4n) is 6.05. The second-order valence-electron chi connectivity index (χ2n) is 10.8. The van der Waals surface area contributed by atoms with Gasteiger partial charge in [-0.2, -0.15) is 0 Å². The predicted octanol–water partition coefficient (Wildman–Crippen LogP) is 5.65. The largest absolute Gasteiger partial charge is 0.383 e. The first-order chi connectivity index (χ1) is 17.0. The van der Waals surface area contributed by atoms with E-state index in [2.05, 4.69) is 29.0 Å². The highest BCUT2D eigenvalue weighted by Gasteiger charge is 2.59. The minimum atomic E-state index is -0.721. The highest BCUT2D eigenvalue weighted by Crippen LogP contribution is 2.55. The molecule has 188 valence electrons.